The van der Waals surface area contributed by atoms with Gasteiger partial charge in [0, 0.05) is 11.5 Å². The highest BCUT2D eigenvalue weighted by Gasteiger charge is 2.18. The monoisotopic (exact) mass is 320 g/mol. The molecule has 1 rings (SSSR count). The maximum Gasteiger partial charge on any atom is 0.218 e. The Morgan fingerprint density at radius 2 is 2.12 bits per heavy atom. The Morgan fingerprint density at radius 1 is 1.47 bits per heavy atom. The number of likely N-dealkylation sites (N-methyl/N-ethyl adjacent to an activating group) is 1. The molecule has 7 heteroatoms. The summed E-state index contributed by atoms with van der Waals surface area (Å²) in [6.07, 6.45) is 0. The second-order valence-corrected chi connectivity index (χ2v) is 6.51. The fraction of sp³-hybridized carbons (Fsp3) is 0.300. The van der Waals surface area contributed by atoms with Crippen LogP contribution in [0.2, 0.25) is 0 Å². The third kappa shape index (κ3) is 4.45. The van der Waals surface area contributed by atoms with E-state index in [1.807, 2.05) is 0 Å². The van der Waals surface area contributed by atoms with Crippen LogP contribution >= 0.6 is 15.9 Å². The van der Waals surface area contributed by atoms with Crippen molar-refractivity contribution in [2.75, 3.05) is 13.6 Å². The van der Waals surface area contributed by atoms with Crippen LogP contribution in [-0.2, 0) is 20.6 Å². The molecule has 0 N–H and O–H groups in total. The summed E-state index contributed by atoms with van der Waals surface area (Å²) >= 11 is 3.23. The maximum atomic E-state index is 11.8. The summed E-state index contributed by atoms with van der Waals surface area (Å²) in [5, 5.41) is 10.3. The standard InChI is InChI=1S/C10H12BrNO4S/c1-12(6-10(13)14)17(15,16)7-8-3-2-4-9(11)5-8/h2-5H,6-7H2,1H3,(H,13,14)/p-1. The van der Waals surface area contributed by atoms with Gasteiger partial charge in [-0.15, -0.1) is 0 Å². The Hall–Kier alpha value is -0.920. The molecule has 1 aromatic carbocycles. The molecular formula is C10H11BrNO4S-. The summed E-state index contributed by atoms with van der Waals surface area (Å²) in [5.41, 5.74) is 0.588. The first-order valence-corrected chi connectivity index (χ1v) is 7.10. The predicted molar refractivity (Wildman–Crippen MR) is 64.4 cm³/mol. The predicted octanol–water partition coefficient (Wildman–Crippen LogP) is -0.0394. The van der Waals surface area contributed by atoms with E-state index in [1.54, 1.807) is 24.3 Å². The van der Waals surface area contributed by atoms with Gasteiger partial charge in [-0.2, -0.15) is 4.31 Å². The zero-order chi connectivity index (χ0) is 13.1. The van der Waals surface area contributed by atoms with E-state index in [9.17, 15) is 18.3 Å². The number of carbonyl (C=O) groups excluding carboxylic acids is 1. The van der Waals surface area contributed by atoms with Crippen LogP contribution in [0.4, 0.5) is 0 Å². The van der Waals surface area contributed by atoms with Gasteiger partial charge in [0.15, 0.2) is 0 Å². The van der Waals surface area contributed by atoms with Gasteiger partial charge in [0.1, 0.15) is 0 Å². The molecule has 0 fully saturated rings. The van der Waals surface area contributed by atoms with Crippen molar-refractivity contribution in [3.05, 3.63) is 34.3 Å². The smallest absolute Gasteiger partial charge is 0.218 e. The van der Waals surface area contributed by atoms with Crippen LogP contribution < -0.4 is 5.11 Å². The molecule has 0 aliphatic heterocycles. The highest BCUT2D eigenvalue weighted by molar-refractivity contribution is 9.10. The minimum atomic E-state index is -3.63. The molecule has 0 radical (unpaired) electrons. The SMILES string of the molecule is CN(CC(=O)[O-])S(=O)(=O)Cc1cccc(Br)c1. The van der Waals surface area contributed by atoms with Crippen molar-refractivity contribution in [2.24, 2.45) is 0 Å². The van der Waals surface area contributed by atoms with Crippen molar-refractivity contribution in [3.63, 3.8) is 0 Å². The van der Waals surface area contributed by atoms with E-state index in [0.29, 0.717) is 5.56 Å². The van der Waals surface area contributed by atoms with E-state index in [1.165, 1.54) is 7.05 Å². The van der Waals surface area contributed by atoms with Crippen molar-refractivity contribution in [2.45, 2.75) is 5.75 Å². The lowest BCUT2D eigenvalue weighted by atomic mass is 10.2. The Bertz CT molecular complexity index is 515. The molecule has 0 unspecified atom stereocenters. The molecule has 17 heavy (non-hydrogen) atoms. The van der Waals surface area contributed by atoms with Gasteiger partial charge in [0.2, 0.25) is 10.0 Å². The number of halogens is 1. The van der Waals surface area contributed by atoms with Gasteiger partial charge in [0.05, 0.1) is 18.3 Å². The molecule has 94 valence electrons. The summed E-state index contributed by atoms with van der Waals surface area (Å²) in [7, 11) is -2.42. The fourth-order valence-corrected chi connectivity index (χ4v) is 2.80. The molecule has 0 spiro atoms. The molecule has 5 nitrogen and oxygen atoms in total. The second kappa shape index (κ2) is 5.61. The van der Waals surface area contributed by atoms with Crippen LogP contribution in [-0.4, -0.2) is 32.3 Å². The van der Waals surface area contributed by atoms with Crippen LogP contribution in [0.15, 0.2) is 28.7 Å². The highest BCUT2D eigenvalue weighted by Crippen LogP contribution is 2.15. The van der Waals surface area contributed by atoms with E-state index < -0.39 is 22.5 Å². The molecule has 0 aromatic heterocycles. The Labute approximate surface area is 108 Å². The van der Waals surface area contributed by atoms with E-state index >= 15 is 0 Å². The first kappa shape index (κ1) is 14.1. The molecule has 0 aliphatic carbocycles. The molecule has 0 aliphatic rings. The Kier molecular flexibility index (Phi) is 4.67. The zero-order valence-electron chi connectivity index (χ0n) is 9.09. The van der Waals surface area contributed by atoms with Crippen LogP contribution in [0.1, 0.15) is 5.56 Å². The van der Waals surface area contributed by atoms with E-state index in [2.05, 4.69) is 15.9 Å². The van der Waals surface area contributed by atoms with E-state index in [4.69, 9.17) is 0 Å². The molecule has 0 amide bonds. The van der Waals surface area contributed by atoms with E-state index in [0.717, 1.165) is 8.78 Å². The number of rotatable bonds is 5. The number of benzene rings is 1. The maximum absolute atomic E-state index is 11.8. The normalized spacial score (nSPS) is 11.7. The zero-order valence-corrected chi connectivity index (χ0v) is 11.5. The number of carboxylic acids is 1. The number of hydrogen-bond acceptors (Lipinski definition) is 4. The van der Waals surface area contributed by atoms with Gasteiger partial charge in [0.25, 0.3) is 0 Å². The molecule has 1 aromatic rings. The first-order valence-electron chi connectivity index (χ1n) is 4.69. The highest BCUT2D eigenvalue weighted by atomic mass is 79.9. The largest absolute Gasteiger partial charge is 0.549 e. The summed E-state index contributed by atoms with van der Waals surface area (Å²) in [4.78, 5) is 10.3. The van der Waals surface area contributed by atoms with Gasteiger partial charge < -0.3 is 9.90 Å². The number of hydrogen-bond donors (Lipinski definition) is 0. The van der Waals surface area contributed by atoms with Crippen molar-refractivity contribution in [3.8, 4) is 0 Å². The average Bonchev–Trinajstić information content (AvgIpc) is 2.15. The minimum absolute atomic E-state index is 0.240. The van der Waals surface area contributed by atoms with Crippen molar-refractivity contribution < 1.29 is 18.3 Å². The van der Waals surface area contributed by atoms with E-state index in [-0.39, 0.29) is 5.75 Å². The lowest BCUT2D eigenvalue weighted by molar-refractivity contribution is -0.305. The Balaban J connectivity index is 2.83. The fourth-order valence-electron chi connectivity index (χ4n) is 1.23. The van der Waals surface area contributed by atoms with Crippen LogP contribution in [0.5, 0.6) is 0 Å². The van der Waals surface area contributed by atoms with Crippen molar-refractivity contribution >= 4 is 31.9 Å². The number of carbonyl (C=O) groups is 1. The Morgan fingerprint density at radius 3 is 2.65 bits per heavy atom. The molecule has 0 heterocycles. The van der Waals surface area contributed by atoms with Gasteiger partial charge >= 0.3 is 0 Å². The van der Waals surface area contributed by atoms with Gasteiger partial charge in [-0.1, -0.05) is 28.1 Å². The molecular weight excluding hydrogens is 310 g/mol. The molecule has 0 atom stereocenters. The minimum Gasteiger partial charge on any atom is -0.549 e. The lowest BCUT2D eigenvalue weighted by Gasteiger charge is -2.17. The third-order valence-corrected chi connectivity index (χ3v) is 4.33. The third-order valence-electron chi connectivity index (χ3n) is 2.06. The number of sulfonamides is 1. The molecule has 0 saturated carbocycles. The van der Waals surface area contributed by atoms with Crippen molar-refractivity contribution in [1.29, 1.82) is 0 Å². The van der Waals surface area contributed by atoms with Crippen LogP contribution in [0, 0.1) is 0 Å². The summed E-state index contributed by atoms with van der Waals surface area (Å²) in [6.45, 7) is -0.643. The second-order valence-electron chi connectivity index (χ2n) is 3.51. The summed E-state index contributed by atoms with van der Waals surface area (Å²) in [5.74, 6) is -1.67. The average molecular weight is 321 g/mol. The lowest BCUT2D eigenvalue weighted by Crippen LogP contribution is -2.39. The van der Waals surface area contributed by atoms with Crippen molar-refractivity contribution in [1.82, 2.24) is 4.31 Å². The first-order chi connectivity index (χ1) is 7.81. The number of aliphatic carboxylic acids is 1. The summed E-state index contributed by atoms with van der Waals surface area (Å²) in [6, 6.07) is 6.83. The summed E-state index contributed by atoms with van der Waals surface area (Å²) < 4.78 is 25.1. The van der Waals surface area contributed by atoms with Crippen LogP contribution in [0.25, 0.3) is 0 Å². The molecule has 0 saturated heterocycles. The quantitative estimate of drug-likeness (QED) is 0.762. The van der Waals surface area contributed by atoms with Gasteiger partial charge in [-0.3, -0.25) is 0 Å². The van der Waals surface area contributed by atoms with Gasteiger partial charge in [-0.05, 0) is 17.7 Å². The molecule has 0 bridgehead atoms. The number of carboxylic acid groups (broad SMARTS) is 1. The number of nitrogens with zero attached hydrogens (tertiary/aromatic N) is 1. The van der Waals surface area contributed by atoms with Crippen LogP contribution in [0.3, 0.4) is 0 Å². The topological polar surface area (TPSA) is 77.5 Å². The van der Waals surface area contributed by atoms with Gasteiger partial charge in [-0.25, -0.2) is 8.42 Å².